The number of rotatable bonds is 1. The molecule has 0 fully saturated rings. The highest BCUT2D eigenvalue weighted by Gasteiger charge is 2.53. The van der Waals surface area contributed by atoms with Crippen molar-refractivity contribution in [1.29, 1.82) is 0 Å². The Morgan fingerprint density at radius 3 is 1.30 bits per heavy atom. The third-order valence-corrected chi connectivity index (χ3v) is 1.38. The Morgan fingerprint density at radius 2 is 1.30 bits per heavy atom. The largest absolute Gasteiger partial charge is 0.424 e. The fourth-order valence-electron chi connectivity index (χ4n) is 0.186. The molecular formula is C3HBr2F5. The van der Waals surface area contributed by atoms with E-state index in [2.05, 4.69) is 0 Å². The molecule has 0 aromatic heterocycles. The number of hydrogen-bond donors (Lipinski definition) is 0. The molecule has 1 unspecified atom stereocenters. The van der Waals surface area contributed by atoms with Crippen LogP contribution in [0.25, 0.3) is 0 Å². The molecule has 0 heterocycles. The number of hydrogen-bond acceptors (Lipinski definition) is 0. The van der Waals surface area contributed by atoms with Crippen molar-refractivity contribution in [2.24, 2.45) is 0 Å². The standard InChI is InChI=1S/C3HBr2F5/c4-2(5,7)1(6)3(8,9)10/h1H. The van der Waals surface area contributed by atoms with Crippen LogP contribution in [0.5, 0.6) is 0 Å². The summed E-state index contributed by atoms with van der Waals surface area (Å²) in [4.78, 5) is 0. The predicted octanol–water partition coefficient (Wildman–Crippen LogP) is 3.30. The molecule has 0 aromatic rings. The second-order valence-corrected chi connectivity index (χ2v) is 4.82. The highest BCUT2D eigenvalue weighted by atomic mass is 79.9. The molecule has 0 bridgehead atoms. The highest BCUT2D eigenvalue weighted by Crippen LogP contribution is 2.41. The van der Waals surface area contributed by atoms with Gasteiger partial charge in [0.1, 0.15) is 0 Å². The van der Waals surface area contributed by atoms with Crippen LogP contribution in [0.3, 0.4) is 0 Å². The maximum atomic E-state index is 12.0. The monoisotopic (exact) mass is 290 g/mol. The zero-order valence-electron chi connectivity index (χ0n) is 4.22. The van der Waals surface area contributed by atoms with Crippen LogP contribution in [0.15, 0.2) is 0 Å². The van der Waals surface area contributed by atoms with Crippen molar-refractivity contribution in [3.8, 4) is 0 Å². The van der Waals surface area contributed by atoms with E-state index in [-0.39, 0.29) is 0 Å². The van der Waals surface area contributed by atoms with Gasteiger partial charge in [0.25, 0.3) is 3.49 Å². The summed E-state index contributed by atoms with van der Waals surface area (Å²) >= 11 is 3.67. The second-order valence-electron chi connectivity index (χ2n) is 1.45. The molecule has 62 valence electrons. The van der Waals surface area contributed by atoms with Gasteiger partial charge in [-0.25, -0.2) is 8.78 Å². The predicted molar refractivity (Wildman–Crippen MR) is 32.6 cm³/mol. The summed E-state index contributed by atoms with van der Waals surface area (Å²) in [6.07, 6.45) is -8.76. The minimum Gasteiger partial charge on any atom is -0.232 e. The zero-order valence-corrected chi connectivity index (χ0v) is 7.40. The van der Waals surface area contributed by atoms with Crippen LogP contribution < -0.4 is 0 Å². The summed E-state index contributed by atoms with van der Waals surface area (Å²) in [6, 6.07) is 0. The third-order valence-electron chi connectivity index (χ3n) is 0.575. The van der Waals surface area contributed by atoms with Gasteiger partial charge in [-0.05, 0) is 31.9 Å². The molecule has 0 amide bonds. The van der Waals surface area contributed by atoms with Crippen LogP contribution in [0.4, 0.5) is 22.0 Å². The molecular weight excluding hydrogens is 291 g/mol. The molecule has 0 aliphatic heterocycles. The fraction of sp³-hybridized carbons (Fsp3) is 1.00. The van der Waals surface area contributed by atoms with E-state index >= 15 is 0 Å². The summed E-state index contributed by atoms with van der Waals surface area (Å²) in [5, 5.41) is 0. The highest BCUT2D eigenvalue weighted by molar-refractivity contribution is 9.25. The molecule has 10 heavy (non-hydrogen) atoms. The Labute approximate surface area is 70.0 Å². The Hall–Kier alpha value is 0.610. The SMILES string of the molecule is FC(C(F)(F)F)C(F)(Br)Br. The maximum absolute atomic E-state index is 12.0. The van der Waals surface area contributed by atoms with E-state index in [1.54, 1.807) is 0 Å². The van der Waals surface area contributed by atoms with Crippen LogP contribution in [0, 0.1) is 0 Å². The van der Waals surface area contributed by atoms with Gasteiger partial charge in [-0.3, -0.25) is 0 Å². The van der Waals surface area contributed by atoms with Crippen LogP contribution in [-0.4, -0.2) is 15.8 Å². The van der Waals surface area contributed by atoms with E-state index in [0.29, 0.717) is 0 Å². The topological polar surface area (TPSA) is 0 Å². The smallest absolute Gasteiger partial charge is 0.232 e. The van der Waals surface area contributed by atoms with E-state index in [4.69, 9.17) is 0 Å². The quantitative estimate of drug-likeness (QED) is 0.514. The van der Waals surface area contributed by atoms with Gasteiger partial charge in [-0.15, -0.1) is 0 Å². The van der Waals surface area contributed by atoms with Crippen LogP contribution in [0.1, 0.15) is 0 Å². The molecule has 0 radical (unpaired) electrons. The van der Waals surface area contributed by atoms with Gasteiger partial charge in [-0.1, -0.05) is 0 Å². The second kappa shape index (κ2) is 2.92. The lowest BCUT2D eigenvalue weighted by molar-refractivity contribution is -0.189. The molecule has 0 spiro atoms. The molecule has 0 aliphatic carbocycles. The summed E-state index contributed by atoms with van der Waals surface area (Å²) in [7, 11) is 0. The summed E-state index contributed by atoms with van der Waals surface area (Å²) in [6.45, 7) is 0. The normalized spacial score (nSPS) is 17.1. The molecule has 0 N–H and O–H groups in total. The Morgan fingerprint density at radius 1 is 1.00 bits per heavy atom. The first-order valence-electron chi connectivity index (χ1n) is 1.93. The number of alkyl halides is 7. The van der Waals surface area contributed by atoms with Gasteiger partial charge in [0.15, 0.2) is 0 Å². The lowest BCUT2D eigenvalue weighted by Gasteiger charge is -2.17. The molecule has 1 atom stereocenters. The van der Waals surface area contributed by atoms with Crippen molar-refractivity contribution in [2.75, 3.05) is 0 Å². The molecule has 7 heteroatoms. The van der Waals surface area contributed by atoms with E-state index in [1.807, 2.05) is 31.9 Å². The third kappa shape index (κ3) is 3.14. The van der Waals surface area contributed by atoms with Gasteiger partial charge in [0, 0.05) is 0 Å². The van der Waals surface area contributed by atoms with Crippen molar-refractivity contribution >= 4 is 31.9 Å². The molecule has 0 nitrogen and oxygen atoms in total. The van der Waals surface area contributed by atoms with Gasteiger partial charge >= 0.3 is 6.18 Å². The van der Waals surface area contributed by atoms with E-state index in [0.717, 1.165) is 0 Å². The molecule has 0 rings (SSSR count). The van der Waals surface area contributed by atoms with Crippen LogP contribution in [0.2, 0.25) is 0 Å². The Bertz CT molecular complexity index is 99.0. The van der Waals surface area contributed by atoms with Crippen LogP contribution >= 0.6 is 31.9 Å². The van der Waals surface area contributed by atoms with Gasteiger partial charge in [0.05, 0.1) is 0 Å². The van der Waals surface area contributed by atoms with Crippen LogP contribution in [-0.2, 0) is 0 Å². The van der Waals surface area contributed by atoms with Gasteiger partial charge < -0.3 is 0 Å². The molecule has 0 aromatic carbocycles. The first kappa shape index (κ1) is 10.6. The zero-order chi connectivity index (χ0) is 8.58. The Balaban J connectivity index is 4.23. The number of halogens is 7. The van der Waals surface area contributed by atoms with Crippen molar-refractivity contribution < 1.29 is 22.0 Å². The average molecular weight is 292 g/mol. The molecule has 0 saturated carbocycles. The van der Waals surface area contributed by atoms with Crippen molar-refractivity contribution in [1.82, 2.24) is 0 Å². The first-order chi connectivity index (χ1) is 4.15. The lowest BCUT2D eigenvalue weighted by Crippen LogP contribution is -2.35. The van der Waals surface area contributed by atoms with E-state index in [9.17, 15) is 22.0 Å². The summed E-state index contributed by atoms with van der Waals surface area (Å²) in [5.41, 5.74) is 0. The van der Waals surface area contributed by atoms with Crippen molar-refractivity contribution in [3.05, 3.63) is 0 Å². The Kier molecular flexibility index (Phi) is 3.10. The van der Waals surface area contributed by atoms with Crippen molar-refractivity contribution in [2.45, 2.75) is 15.8 Å². The van der Waals surface area contributed by atoms with E-state index < -0.39 is 15.8 Å². The van der Waals surface area contributed by atoms with Gasteiger partial charge in [0.2, 0.25) is 6.17 Å². The van der Waals surface area contributed by atoms with Gasteiger partial charge in [-0.2, -0.15) is 13.2 Å². The average Bonchev–Trinajstić information content (AvgIpc) is 1.59. The molecule has 0 saturated heterocycles. The first-order valence-corrected chi connectivity index (χ1v) is 3.52. The minimum absolute atomic E-state index is 1.83. The minimum atomic E-state index is -5.19. The lowest BCUT2D eigenvalue weighted by atomic mass is 10.4. The molecule has 0 aliphatic rings. The summed E-state index contributed by atoms with van der Waals surface area (Å²) < 4.78 is 54.4. The fourth-order valence-corrected chi connectivity index (χ4v) is 0.705. The van der Waals surface area contributed by atoms with E-state index in [1.165, 1.54) is 0 Å². The van der Waals surface area contributed by atoms with Crippen molar-refractivity contribution in [3.63, 3.8) is 0 Å². The summed E-state index contributed by atoms with van der Waals surface area (Å²) in [5.74, 6) is 0. The maximum Gasteiger partial charge on any atom is 0.424 e.